The number of anilines is 2. The minimum Gasteiger partial charge on any atom is -0.377 e. The molecule has 2 aromatic rings. The molecule has 0 aromatic heterocycles. The summed E-state index contributed by atoms with van der Waals surface area (Å²) in [5, 5.41) is 2.85. The largest absolute Gasteiger partial charge is 0.377 e. The van der Waals surface area contributed by atoms with Gasteiger partial charge in [0.2, 0.25) is 5.91 Å². The van der Waals surface area contributed by atoms with Gasteiger partial charge in [0.25, 0.3) is 5.91 Å². The fraction of sp³-hybridized carbons (Fsp3) is 0.440. The van der Waals surface area contributed by atoms with Crippen LogP contribution in [0.5, 0.6) is 0 Å². The average molecular weight is 426 g/mol. The zero-order chi connectivity index (χ0) is 22.7. The van der Waals surface area contributed by atoms with Gasteiger partial charge in [0.1, 0.15) is 5.82 Å². The van der Waals surface area contributed by atoms with Crippen molar-refractivity contribution in [2.45, 2.75) is 46.2 Å². The first-order valence-corrected chi connectivity index (χ1v) is 10.8. The SMILES string of the molecule is CC(C)[C@@H](C)N(Cc1cc(NC(=O)c2cccc(F)c2)ccc1N(C)C)C(=O)C1CC1. The molecule has 1 atom stereocenters. The van der Waals surface area contributed by atoms with E-state index in [9.17, 15) is 14.0 Å². The van der Waals surface area contributed by atoms with Crippen molar-refractivity contribution >= 4 is 23.2 Å². The maximum absolute atomic E-state index is 13.5. The molecule has 2 amide bonds. The molecule has 0 spiro atoms. The van der Waals surface area contributed by atoms with E-state index in [2.05, 4.69) is 26.1 Å². The van der Waals surface area contributed by atoms with Gasteiger partial charge < -0.3 is 15.1 Å². The summed E-state index contributed by atoms with van der Waals surface area (Å²) in [6, 6.07) is 11.4. The first kappa shape index (κ1) is 22.8. The summed E-state index contributed by atoms with van der Waals surface area (Å²) in [6.45, 7) is 6.82. The van der Waals surface area contributed by atoms with Gasteiger partial charge in [-0.1, -0.05) is 19.9 Å². The monoisotopic (exact) mass is 425 g/mol. The van der Waals surface area contributed by atoms with Crippen LogP contribution in [0.25, 0.3) is 0 Å². The van der Waals surface area contributed by atoms with Crippen LogP contribution in [0.4, 0.5) is 15.8 Å². The van der Waals surface area contributed by atoms with Crippen LogP contribution in [0.2, 0.25) is 0 Å². The molecule has 1 fully saturated rings. The van der Waals surface area contributed by atoms with Gasteiger partial charge >= 0.3 is 0 Å². The van der Waals surface area contributed by atoms with Gasteiger partial charge in [-0.25, -0.2) is 4.39 Å². The number of benzene rings is 2. The molecule has 5 nitrogen and oxygen atoms in total. The lowest BCUT2D eigenvalue weighted by Gasteiger charge is -2.33. The number of halogens is 1. The molecule has 2 aromatic carbocycles. The van der Waals surface area contributed by atoms with E-state index in [4.69, 9.17) is 0 Å². The molecular formula is C25H32FN3O2. The summed E-state index contributed by atoms with van der Waals surface area (Å²) in [5.74, 6) is -0.140. The van der Waals surface area contributed by atoms with E-state index >= 15 is 0 Å². The van der Waals surface area contributed by atoms with Crippen molar-refractivity contribution in [3.8, 4) is 0 Å². The molecule has 3 rings (SSSR count). The Morgan fingerprint density at radius 3 is 2.39 bits per heavy atom. The van der Waals surface area contributed by atoms with E-state index in [1.54, 1.807) is 6.07 Å². The van der Waals surface area contributed by atoms with Gasteiger partial charge in [-0.2, -0.15) is 0 Å². The van der Waals surface area contributed by atoms with Crippen molar-refractivity contribution in [1.82, 2.24) is 4.90 Å². The second kappa shape index (κ2) is 9.50. The first-order chi connectivity index (χ1) is 14.7. The summed E-state index contributed by atoms with van der Waals surface area (Å²) in [5.41, 5.74) is 2.83. The summed E-state index contributed by atoms with van der Waals surface area (Å²) in [4.78, 5) is 29.6. The molecule has 1 saturated carbocycles. The molecule has 0 heterocycles. The van der Waals surface area contributed by atoms with E-state index < -0.39 is 5.82 Å². The van der Waals surface area contributed by atoms with Crippen LogP contribution in [-0.2, 0) is 11.3 Å². The van der Waals surface area contributed by atoms with Crippen molar-refractivity contribution in [2.24, 2.45) is 11.8 Å². The predicted octanol–water partition coefficient (Wildman–Crippen LogP) is 4.93. The zero-order valence-electron chi connectivity index (χ0n) is 19.0. The third kappa shape index (κ3) is 5.63. The number of nitrogens with one attached hydrogen (secondary N) is 1. The number of nitrogens with zero attached hydrogens (tertiary/aromatic N) is 2. The predicted molar refractivity (Wildman–Crippen MR) is 123 cm³/mol. The Balaban J connectivity index is 1.88. The Hall–Kier alpha value is -2.89. The maximum atomic E-state index is 13.5. The summed E-state index contributed by atoms with van der Waals surface area (Å²) in [6.07, 6.45) is 1.93. The van der Waals surface area contributed by atoms with Crippen molar-refractivity contribution in [1.29, 1.82) is 0 Å². The van der Waals surface area contributed by atoms with E-state index in [1.165, 1.54) is 18.2 Å². The highest BCUT2D eigenvalue weighted by molar-refractivity contribution is 6.04. The number of carbonyl (C=O) groups excluding carboxylic acids is 2. The molecule has 6 heteroatoms. The molecule has 0 saturated heterocycles. The van der Waals surface area contributed by atoms with Crippen LogP contribution in [0.3, 0.4) is 0 Å². The Morgan fingerprint density at radius 2 is 1.81 bits per heavy atom. The van der Waals surface area contributed by atoms with Crippen molar-refractivity contribution in [2.75, 3.05) is 24.3 Å². The van der Waals surface area contributed by atoms with Crippen molar-refractivity contribution in [3.63, 3.8) is 0 Å². The molecule has 1 N–H and O–H groups in total. The lowest BCUT2D eigenvalue weighted by Crippen LogP contribution is -2.42. The smallest absolute Gasteiger partial charge is 0.255 e. The molecule has 0 radical (unpaired) electrons. The Labute approximate surface area is 184 Å². The van der Waals surface area contributed by atoms with Crippen molar-refractivity contribution < 1.29 is 14.0 Å². The van der Waals surface area contributed by atoms with Crippen LogP contribution in [0.15, 0.2) is 42.5 Å². The van der Waals surface area contributed by atoms with Crippen LogP contribution in [0.1, 0.15) is 49.5 Å². The molecule has 0 unspecified atom stereocenters. The molecule has 166 valence electrons. The number of hydrogen-bond donors (Lipinski definition) is 1. The lowest BCUT2D eigenvalue weighted by molar-refractivity contribution is -0.136. The molecule has 0 aliphatic heterocycles. The minimum absolute atomic E-state index is 0.105. The third-order valence-electron chi connectivity index (χ3n) is 5.91. The fourth-order valence-electron chi connectivity index (χ4n) is 3.59. The van der Waals surface area contributed by atoms with Gasteiger partial charge in [0.05, 0.1) is 0 Å². The number of hydrogen-bond acceptors (Lipinski definition) is 3. The van der Waals surface area contributed by atoms with Gasteiger partial charge in [0, 0.05) is 49.5 Å². The molecule has 31 heavy (non-hydrogen) atoms. The third-order valence-corrected chi connectivity index (χ3v) is 5.91. The van der Waals surface area contributed by atoms with E-state index in [0.717, 1.165) is 24.1 Å². The lowest BCUT2D eigenvalue weighted by atomic mass is 10.0. The highest BCUT2D eigenvalue weighted by Gasteiger charge is 2.36. The number of carbonyl (C=O) groups is 2. The zero-order valence-corrected chi connectivity index (χ0v) is 19.0. The maximum Gasteiger partial charge on any atom is 0.255 e. The van der Waals surface area contributed by atoms with E-state index in [0.29, 0.717) is 18.2 Å². The van der Waals surface area contributed by atoms with Gasteiger partial charge in [-0.15, -0.1) is 0 Å². The minimum atomic E-state index is -0.451. The van der Waals surface area contributed by atoms with Crippen molar-refractivity contribution in [3.05, 3.63) is 59.4 Å². The summed E-state index contributed by atoms with van der Waals surface area (Å²) >= 11 is 0. The van der Waals surface area contributed by atoms with Crippen LogP contribution < -0.4 is 10.2 Å². The normalized spacial score (nSPS) is 14.3. The first-order valence-electron chi connectivity index (χ1n) is 10.8. The van der Waals surface area contributed by atoms with Crippen LogP contribution in [0, 0.1) is 17.7 Å². The Bertz CT molecular complexity index is 954. The average Bonchev–Trinajstić information content (AvgIpc) is 3.56. The molecule has 1 aliphatic carbocycles. The molecule has 0 bridgehead atoms. The quantitative estimate of drug-likeness (QED) is 0.653. The summed E-state index contributed by atoms with van der Waals surface area (Å²) in [7, 11) is 3.92. The fourth-order valence-corrected chi connectivity index (χ4v) is 3.59. The standard InChI is InChI=1S/C25H32FN3O2/c1-16(2)17(3)29(25(31)18-9-10-18)15-20-14-22(11-12-23(20)28(4)5)27-24(30)19-7-6-8-21(26)13-19/h6-8,11-14,16-18H,9-10,15H2,1-5H3,(H,27,30)/t17-/m1/s1. The molecular weight excluding hydrogens is 393 g/mol. The second-order valence-electron chi connectivity index (χ2n) is 8.93. The van der Waals surface area contributed by atoms with Crippen LogP contribution in [-0.4, -0.2) is 36.9 Å². The van der Waals surface area contributed by atoms with Gasteiger partial charge in [-0.3, -0.25) is 9.59 Å². The van der Waals surface area contributed by atoms with E-state index in [1.807, 2.05) is 42.1 Å². The number of rotatable bonds is 8. The highest BCUT2D eigenvalue weighted by Crippen LogP contribution is 2.34. The Morgan fingerprint density at radius 1 is 1.10 bits per heavy atom. The summed E-state index contributed by atoms with van der Waals surface area (Å²) < 4.78 is 13.5. The van der Waals surface area contributed by atoms with E-state index in [-0.39, 0.29) is 29.3 Å². The molecule has 1 aliphatic rings. The highest BCUT2D eigenvalue weighted by atomic mass is 19.1. The Kier molecular flexibility index (Phi) is 6.98. The number of amides is 2. The topological polar surface area (TPSA) is 52.7 Å². The second-order valence-corrected chi connectivity index (χ2v) is 8.93. The van der Waals surface area contributed by atoms with Gasteiger partial charge in [-0.05, 0) is 67.6 Å². The van der Waals surface area contributed by atoms with Gasteiger partial charge in [0.15, 0.2) is 0 Å². The van der Waals surface area contributed by atoms with Crippen LogP contribution >= 0.6 is 0 Å².